The molecule has 0 N–H and O–H groups in total. The second-order valence-electron chi connectivity index (χ2n) is 6.92. The molecule has 0 spiro atoms. The summed E-state index contributed by atoms with van der Waals surface area (Å²) in [5.41, 5.74) is 2.22. The quantitative estimate of drug-likeness (QED) is 0.514. The number of carbonyl (C=O) groups excluding carboxylic acids is 1. The van der Waals surface area contributed by atoms with Crippen LogP contribution in [0.15, 0.2) is 24.3 Å². The van der Waals surface area contributed by atoms with E-state index < -0.39 is 0 Å². The molecule has 23 heavy (non-hydrogen) atoms. The van der Waals surface area contributed by atoms with Crippen LogP contribution >= 0.6 is 0 Å². The number of hydrogen-bond donors (Lipinski definition) is 0. The number of unbranched alkanes of at least 4 members (excludes halogenated alkanes) is 7. The standard InChI is InChI=1S/C21H33NO/c1-2-3-4-5-6-7-8-9-12-19-13-15-20(16-14-19)21(23)22-17-10-11-18-22/h13-16H,2-12,17-18H2,1H3. The predicted octanol–water partition coefficient (Wildman–Crippen LogP) is 5.61. The third-order valence-corrected chi connectivity index (χ3v) is 4.91. The molecule has 1 fully saturated rings. The van der Waals surface area contributed by atoms with Gasteiger partial charge in [-0.05, 0) is 43.4 Å². The van der Waals surface area contributed by atoms with Crippen molar-refractivity contribution in [1.29, 1.82) is 0 Å². The zero-order valence-corrected chi connectivity index (χ0v) is 14.9. The van der Waals surface area contributed by atoms with Crippen LogP contribution in [-0.2, 0) is 6.42 Å². The lowest BCUT2D eigenvalue weighted by molar-refractivity contribution is 0.0793. The van der Waals surface area contributed by atoms with E-state index in [2.05, 4.69) is 19.1 Å². The molecule has 1 amide bonds. The average Bonchev–Trinajstić information content (AvgIpc) is 3.12. The normalized spacial score (nSPS) is 14.4. The van der Waals surface area contributed by atoms with Gasteiger partial charge in [0, 0.05) is 18.7 Å². The van der Waals surface area contributed by atoms with Crippen LogP contribution in [0.25, 0.3) is 0 Å². The molecule has 2 nitrogen and oxygen atoms in total. The van der Waals surface area contributed by atoms with Gasteiger partial charge in [0.1, 0.15) is 0 Å². The molecular weight excluding hydrogens is 282 g/mol. The molecule has 2 rings (SSSR count). The van der Waals surface area contributed by atoms with Gasteiger partial charge in [-0.15, -0.1) is 0 Å². The fraction of sp³-hybridized carbons (Fsp3) is 0.667. The van der Waals surface area contributed by atoms with Crippen LogP contribution in [0.4, 0.5) is 0 Å². The molecular formula is C21H33NO. The molecule has 1 saturated heterocycles. The maximum atomic E-state index is 12.3. The third kappa shape index (κ3) is 6.37. The number of nitrogens with zero attached hydrogens (tertiary/aromatic N) is 1. The lowest BCUT2D eigenvalue weighted by Crippen LogP contribution is -2.27. The van der Waals surface area contributed by atoms with E-state index in [1.165, 1.54) is 56.9 Å². The zero-order valence-electron chi connectivity index (χ0n) is 14.9. The monoisotopic (exact) mass is 315 g/mol. The first kappa shape index (κ1) is 18.0. The number of benzene rings is 1. The first-order chi connectivity index (χ1) is 11.3. The third-order valence-electron chi connectivity index (χ3n) is 4.91. The van der Waals surface area contributed by atoms with Gasteiger partial charge < -0.3 is 4.90 Å². The van der Waals surface area contributed by atoms with Gasteiger partial charge in [-0.25, -0.2) is 0 Å². The van der Waals surface area contributed by atoms with Crippen molar-refractivity contribution >= 4 is 5.91 Å². The fourth-order valence-electron chi connectivity index (χ4n) is 3.38. The molecule has 0 aromatic heterocycles. The Morgan fingerprint density at radius 3 is 2.04 bits per heavy atom. The van der Waals surface area contributed by atoms with Gasteiger partial charge >= 0.3 is 0 Å². The Labute approximate surface area is 142 Å². The Bertz CT molecular complexity index is 445. The minimum Gasteiger partial charge on any atom is -0.339 e. The first-order valence-corrected chi connectivity index (χ1v) is 9.69. The Hall–Kier alpha value is -1.31. The van der Waals surface area contributed by atoms with Crippen molar-refractivity contribution in [3.05, 3.63) is 35.4 Å². The van der Waals surface area contributed by atoms with Crippen molar-refractivity contribution in [3.63, 3.8) is 0 Å². The summed E-state index contributed by atoms with van der Waals surface area (Å²) in [4.78, 5) is 14.3. The van der Waals surface area contributed by atoms with Gasteiger partial charge in [0.2, 0.25) is 0 Å². The molecule has 128 valence electrons. The van der Waals surface area contributed by atoms with Crippen molar-refractivity contribution in [1.82, 2.24) is 4.90 Å². The summed E-state index contributed by atoms with van der Waals surface area (Å²) in [6.45, 7) is 4.13. The van der Waals surface area contributed by atoms with Crippen LogP contribution in [0.2, 0.25) is 0 Å². The molecule has 0 atom stereocenters. The van der Waals surface area contributed by atoms with Crippen LogP contribution < -0.4 is 0 Å². The average molecular weight is 316 g/mol. The van der Waals surface area contributed by atoms with E-state index in [9.17, 15) is 4.79 Å². The summed E-state index contributed by atoms with van der Waals surface area (Å²) in [5, 5.41) is 0. The highest BCUT2D eigenvalue weighted by atomic mass is 16.2. The topological polar surface area (TPSA) is 20.3 Å². The molecule has 2 heteroatoms. The smallest absolute Gasteiger partial charge is 0.253 e. The number of likely N-dealkylation sites (tertiary alicyclic amines) is 1. The zero-order chi connectivity index (χ0) is 16.3. The van der Waals surface area contributed by atoms with E-state index >= 15 is 0 Å². The number of rotatable bonds is 10. The largest absolute Gasteiger partial charge is 0.339 e. The van der Waals surface area contributed by atoms with E-state index in [4.69, 9.17) is 0 Å². The Kier molecular flexibility index (Phi) is 8.20. The summed E-state index contributed by atoms with van der Waals surface area (Å²) < 4.78 is 0. The second kappa shape index (κ2) is 10.5. The molecule has 0 bridgehead atoms. The van der Waals surface area contributed by atoms with Crippen LogP contribution in [0.3, 0.4) is 0 Å². The highest BCUT2D eigenvalue weighted by Crippen LogP contribution is 2.15. The Morgan fingerprint density at radius 1 is 0.870 bits per heavy atom. The van der Waals surface area contributed by atoms with Crippen LogP contribution in [-0.4, -0.2) is 23.9 Å². The summed E-state index contributed by atoms with van der Waals surface area (Å²) in [6.07, 6.45) is 14.4. The maximum Gasteiger partial charge on any atom is 0.253 e. The summed E-state index contributed by atoms with van der Waals surface area (Å²) in [7, 11) is 0. The molecule has 1 aromatic rings. The molecule has 0 radical (unpaired) electrons. The van der Waals surface area contributed by atoms with Crippen LogP contribution in [0.1, 0.15) is 87.1 Å². The van der Waals surface area contributed by atoms with E-state index in [1.807, 2.05) is 17.0 Å². The molecule has 0 unspecified atom stereocenters. The minimum absolute atomic E-state index is 0.209. The second-order valence-corrected chi connectivity index (χ2v) is 6.92. The van der Waals surface area contributed by atoms with E-state index in [1.54, 1.807) is 0 Å². The minimum atomic E-state index is 0.209. The van der Waals surface area contributed by atoms with Gasteiger partial charge in [-0.3, -0.25) is 4.79 Å². The summed E-state index contributed by atoms with van der Waals surface area (Å²) >= 11 is 0. The van der Waals surface area contributed by atoms with Crippen molar-refractivity contribution in [2.75, 3.05) is 13.1 Å². The number of aryl methyl sites for hydroxylation is 1. The van der Waals surface area contributed by atoms with Gasteiger partial charge in [0.05, 0.1) is 0 Å². The first-order valence-electron chi connectivity index (χ1n) is 9.69. The lowest BCUT2D eigenvalue weighted by Gasteiger charge is -2.15. The van der Waals surface area contributed by atoms with Gasteiger partial charge in [0.15, 0.2) is 0 Å². The molecule has 0 saturated carbocycles. The number of carbonyl (C=O) groups is 1. The number of hydrogen-bond acceptors (Lipinski definition) is 1. The van der Waals surface area contributed by atoms with Gasteiger partial charge in [-0.1, -0.05) is 64.0 Å². The Morgan fingerprint density at radius 2 is 1.43 bits per heavy atom. The fourth-order valence-corrected chi connectivity index (χ4v) is 3.38. The van der Waals surface area contributed by atoms with Crippen LogP contribution in [0, 0.1) is 0 Å². The maximum absolute atomic E-state index is 12.3. The SMILES string of the molecule is CCCCCCCCCCc1ccc(C(=O)N2CCCC2)cc1. The molecule has 0 aliphatic carbocycles. The van der Waals surface area contributed by atoms with Gasteiger partial charge in [0.25, 0.3) is 5.91 Å². The van der Waals surface area contributed by atoms with Crippen molar-refractivity contribution in [2.24, 2.45) is 0 Å². The van der Waals surface area contributed by atoms with Crippen LogP contribution in [0.5, 0.6) is 0 Å². The van der Waals surface area contributed by atoms with E-state index in [0.717, 1.165) is 37.9 Å². The number of amides is 1. The lowest BCUT2D eigenvalue weighted by atomic mass is 10.0. The van der Waals surface area contributed by atoms with Crippen molar-refractivity contribution in [2.45, 2.75) is 77.6 Å². The molecule has 1 aliphatic rings. The van der Waals surface area contributed by atoms with Crippen molar-refractivity contribution < 1.29 is 4.79 Å². The van der Waals surface area contributed by atoms with E-state index in [-0.39, 0.29) is 5.91 Å². The van der Waals surface area contributed by atoms with E-state index in [0.29, 0.717) is 0 Å². The summed E-state index contributed by atoms with van der Waals surface area (Å²) in [6, 6.07) is 8.32. The highest BCUT2D eigenvalue weighted by molar-refractivity contribution is 5.94. The molecule has 1 heterocycles. The van der Waals surface area contributed by atoms with Gasteiger partial charge in [-0.2, -0.15) is 0 Å². The Balaban J connectivity index is 1.62. The summed E-state index contributed by atoms with van der Waals surface area (Å²) in [5.74, 6) is 0.209. The molecule has 1 aliphatic heterocycles. The van der Waals surface area contributed by atoms with Crippen molar-refractivity contribution in [3.8, 4) is 0 Å². The molecule has 1 aromatic carbocycles. The predicted molar refractivity (Wildman–Crippen MR) is 97.9 cm³/mol. The highest BCUT2D eigenvalue weighted by Gasteiger charge is 2.18.